The van der Waals surface area contributed by atoms with Crippen molar-refractivity contribution >= 4 is 39.0 Å². The molecule has 0 spiro atoms. The minimum atomic E-state index is -0.157. The molecule has 2 N–H and O–H groups in total. The number of benzene rings is 1. The predicted molar refractivity (Wildman–Crippen MR) is 70.0 cm³/mol. The molecule has 1 amide bonds. The van der Waals surface area contributed by atoms with Crippen LogP contribution in [0.1, 0.15) is 12.8 Å². The maximum absolute atomic E-state index is 11.8. The molecule has 0 atom stereocenters. The Labute approximate surface area is 108 Å². The zero-order chi connectivity index (χ0) is 12.4. The lowest BCUT2D eigenvalue weighted by molar-refractivity contribution is -0.135. The third-order valence-corrected chi connectivity index (χ3v) is 3.32. The number of anilines is 2. The van der Waals surface area contributed by atoms with Crippen molar-refractivity contribution in [1.29, 1.82) is 0 Å². The summed E-state index contributed by atoms with van der Waals surface area (Å²) in [5.74, 6) is -0.0749. The van der Waals surface area contributed by atoms with Gasteiger partial charge in [-0.2, -0.15) is 0 Å². The molecule has 0 aliphatic heterocycles. The third kappa shape index (κ3) is 2.66. The molecule has 4 nitrogen and oxygen atoms in total. The largest absolute Gasteiger partial charge is 0.386 e. The van der Waals surface area contributed by atoms with Crippen molar-refractivity contribution in [1.82, 2.24) is 0 Å². The van der Waals surface area contributed by atoms with Gasteiger partial charge in [-0.3, -0.25) is 9.59 Å². The fourth-order valence-electron chi connectivity index (χ4n) is 1.74. The quantitative estimate of drug-likeness (QED) is 0.900. The third-order valence-electron chi connectivity index (χ3n) is 2.83. The molecule has 2 rings (SSSR count). The normalized spacial score (nSPS) is 15.3. The van der Waals surface area contributed by atoms with Crippen LogP contribution in [0.5, 0.6) is 0 Å². The molecule has 0 heterocycles. The minimum Gasteiger partial charge on any atom is -0.386 e. The topological polar surface area (TPSA) is 58.2 Å². The number of carbonyl (C=O) groups excluding carboxylic acids is 2. The van der Waals surface area contributed by atoms with Crippen LogP contribution in [0.4, 0.5) is 11.4 Å². The SMILES string of the molecule is CNc1cc(Br)ccc1NC(=O)C1CC(=O)C1. The summed E-state index contributed by atoms with van der Waals surface area (Å²) < 4.78 is 0.943. The summed E-state index contributed by atoms with van der Waals surface area (Å²) in [6.07, 6.45) is 0.745. The predicted octanol–water partition coefficient (Wildman–Crippen LogP) is 2.41. The van der Waals surface area contributed by atoms with Gasteiger partial charge in [0.15, 0.2) is 0 Å². The maximum atomic E-state index is 11.8. The van der Waals surface area contributed by atoms with Crippen molar-refractivity contribution in [2.45, 2.75) is 12.8 Å². The van der Waals surface area contributed by atoms with Gasteiger partial charge in [0.2, 0.25) is 5.91 Å². The molecule has 1 aromatic carbocycles. The lowest BCUT2D eigenvalue weighted by Crippen LogP contribution is -2.34. The highest BCUT2D eigenvalue weighted by atomic mass is 79.9. The molecule has 17 heavy (non-hydrogen) atoms. The highest BCUT2D eigenvalue weighted by molar-refractivity contribution is 9.10. The van der Waals surface area contributed by atoms with E-state index in [0.717, 1.165) is 15.8 Å². The maximum Gasteiger partial charge on any atom is 0.228 e. The molecule has 0 bridgehead atoms. The van der Waals surface area contributed by atoms with Crippen molar-refractivity contribution in [3.63, 3.8) is 0 Å². The molecular weight excluding hydrogens is 284 g/mol. The summed E-state index contributed by atoms with van der Waals surface area (Å²) in [4.78, 5) is 22.6. The highest BCUT2D eigenvalue weighted by Gasteiger charge is 2.32. The monoisotopic (exact) mass is 296 g/mol. The summed E-state index contributed by atoms with van der Waals surface area (Å²) in [6, 6.07) is 5.58. The van der Waals surface area contributed by atoms with Gasteiger partial charge in [-0.05, 0) is 18.2 Å². The number of carbonyl (C=O) groups is 2. The Kier molecular flexibility index (Phi) is 3.47. The molecular formula is C12H13BrN2O2. The van der Waals surface area contributed by atoms with E-state index in [1.54, 1.807) is 7.05 Å². The number of halogens is 1. The molecule has 0 aromatic heterocycles. The Morgan fingerprint density at radius 2 is 2.06 bits per heavy atom. The summed E-state index contributed by atoms with van der Waals surface area (Å²) in [6.45, 7) is 0. The van der Waals surface area contributed by atoms with E-state index in [9.17, 15) is 9.59 Å². The van der Waals surface area contributed by atoms with Crippen LogP contribution >= 0.6 is 15.9 Å². The Balaban J connectivity index is 2.07. The highest BCUT2D eigenvalue weighted by Crippen LogP contribution is 2.29. The van der Waals surface area contributed by atoms with Crippen LogP contribution in [0.2, 0.25) is 0 Å². The van der Waals surface area contributed by atoms with Crippen molar-refractivity contribution < 1.29 is 9.59 Å². The smallest absolute Gasteiger partial charge is 0.228 e. The standard InChI is InChI=1S/C12H13BrN2O2/c1-14-11-6-8(13)2-3-10(11)15-12(17)7-4-9(16)5-7/h2-3,6-7,14H,4-5H2,1H3,(H,15,17). The molecule has 0 saturated heterocycles. The molecule has 5 heteroatoms. The Bertz CT molecular complexity index is 466. The average molecular weight is 297 g/mol. The van der Waals surface area contributed by atoms with Gasteiger partial charge in [-0.25, -0.2) is 0 Å². The number of nitrogens with one attached hydrogen (secondary N) is 2. The van der Waals surface area contributed by atoms with Gasteiger partial charge >= 0.3 is 0 Å². The zero-order valence-corrected chi connectivity index (χ0v) is 11.0. The summed E-state index contributed by atoms with van der Waals surface area (Å²) in [7, 11) is 1.80. The molecule has 0 radical (unpaired) electrons. The average Bonchev–Trinajstić information content (AvgIpc) is 2.27. The summed E-state index contributed by atoms with van der Waals surface area (Å²) in [5, 5.41) is 5.85. The van der Waals surface area contributed by atoms with E-state index in [1.165, 1.54) is 0 Å². The van der Waals surface area contributed by atoms with Crippen LogP contribution < -0.4 is 10.6 Å². The first-order valence-corrected chi connectivity index (χ1v) is 6.19. The van der Waals surface area contributed by atoms with E-state index in [2.05, 4.69) is 26.6 Å². The van der Waals surface area contributed by atoms with Crippen LogP contribution in [0, 0.1) is 5.92 Å². The van der Waals surface area contributed by atoms with Gasteiger partial charge in [-0.15, -0.1) is 0 Å². The first-order chi connectivity index (χ1) is 8.10. The molecule has 1 aromatic rings. The van der Waals surface area contributed by atoms with Crippen molar-refractivity contribution in [2.75, 3.05) is 17.7 Å². The molecule has 1 aliphatic rings. The van der Waals surface area contributed by atoms with Gasteiger partial charge in [-0.1, -0.05) is 15.9 Å². The molecule has 0 unspecified atom stereocenters. The van der Waals surface area contributed by atoms with Crippen molar-refractivity contribution in [3.8, 4) is 0 Å². The van der Waals surface area contributed by atoms with E-state index < -0.39 is 0 Å². The van der Waals surface area contributed by atoms with E-state index in [0.29, 0.717) is 12.8 Å². The molecule has 1 fully saturated rings. The first kappa shape index (κ1) is 12.1. The fourth-order valence-corrected chi connectivity index (χ4v) is 2.10. The second-order valence-corrected chi connectivity index (χ2v) is 4.99. The van der Waals surface area contributed by atoms with Crippen LogP contribution in [0.15, 0.2) is 22.7 Å². The van der Waals surface area contributed by atoms with E-state index in [-0.39, 0.29) is 17.6 Å². The summed E-state index contributed by atoms with van der Waals surface area (Å²) in [5.41, 5.74) is 1.58. The van der Waals surface area contributed by atoms with Crippen LogP contribution in [0.3, 0.4) is 0 Å². The van der Waals surface area contributed by atoms with Crippen LogP contribution in [0.25, 0.3) is 0 Å². The number of ketones is 1. The Morgan fingerprint density at radius 1 is 1.35 bits per heavy atom. The zero-order valence-electron chi connectivity index (χ0n) is 9.42. The number of rotatable bonds is 3. The van der Waals surface area contributed by atoms with Gasteiger partial charge in [0, 0.05) is 24.4 Å². The van der Waals surface area contributed by atoms with Crippen molar-refractivity contribution in [3.05, 3.63) is 22.7 Å². The number of Topliss-reactive ketones (excluding diaryl/α,β-unsaturated/α-hetero) is 1. The lowest BCUT2D eigenvalue weighted by Gasteiger charge is -2.23. The summed E-state index contributed by atoms with van der Waals surface area (Å²) >= 11 is 3.37. The van der Waals surface area contributed by atoms with Gasteiger partial charge < -0.3 is 10.6 Å². The van der Waals surface area contributed by atoms with E-state index in [1.807, 2.05) is 18.2 Å². The van der Waals surface area contributed by atoms with Gasteiger partial charge in [0.1, 0.15) is 5.78 Å². The first-order valence-electron chi connectivity index (χ1n) is 5.40. The van der Waals surface area contributed by atoms with Crippen molar-refractivity contribution in [2.24, 2.45) is 5.92 Å². The van der Waals surface area contributed by atoms with Gasteiger partial charge in [0.05, 0.1) is 17.3 Å². The minimum absolute atomic E-state index is 0.0802. The Hall–Kier alpha value is -1.36. The number of amides is 1. The van der Waals surface area contributed by atoms with Gasteiger partial charge in [0.25, 0.3) is 0 Å². The second-order valence-electron chi connectivity index (χ2n) is 4.07. The van der Waals surface area contributed by atoms with Crippen LogP contribution in [-0.4, -0.2) is 18.7 Å². The molecule has 1 saturated carbocycles. The van der Waals surface area contributed by atoms with Crippen LogP contribution in [-0.2, 0) is 9.59 Å². The second kappa shape index (κ2) is 4.87. The number of hydrogen-bond acceptors (Lipinski definition) is 3. The van der Waals surface area contributed by atoms with E-state index in [4.69, 9.17) is 0 Å². The number of hydrogen-bond donors (Lipinski definition) is 2. The molecule has 1 aliphatic carbocycles. The Morgan fingerprint density at radius 3 is 2.65 bits per heavy atom. The fraction of sp³-hybridized carbons (Fsp3) is 0.333. The lowest BCUT2D eigenvalue weighted by atomic mass is 9.83. The molecule has 90 valence electrons. The van der Waals surface area contributed by atoms with E-state index >= 15 is 0 Å².